The van der Waals surface area contributed by atoms with Crippen molar-refractivity contribution in [1.29, 1.82) is 0 Å². The van der Waals surface area contributed by atoms with E-state index in [1.54, 1.807) is 24.5 Å². The zero-order chi connectivity index (χ0) is 29.4. The number of rotatable bonds is 7. The molecule has 7 rings (SSSR count). The van der Waals surface area contributed by atoms with Gasteiger partial charge in [-0.2, -0.15) is 5.10 Å². The highest BCUT2D eigenvalue weighted by atomic mass is 32.1. The Kier molecular flexibility index (Phi) is 6.64. The van der Waals surface area contributed by atoms with Gasteiger partial charge in [0, 0.05) is 4.70 Å². The van der Waals surface area contributed by atoms with Crippen molar-refractivity contribution in [2.45, 2.75) is 5.54 Å². The van der Waals surface area contributed by atoms with Crippen LogP contribution < -0.4 is 10.1 Å². The number of hydrogen-bond acceptors (Lipinski definition) is 4. The predicted octanol–water partition coefficient (Wildman–Crippen LogP) is 8.86. The number of nitrogens with one attached hydrogen (secondary N) is 1. The summed E-state index contributed by atoms with van der Waals surface area (Å²) in [6.45, 7) is 0. The van der Waals surface area contributed by atoms with E-state index in [0.717, 1.165) is 42.6 Å². The molecule has 0 saturated carbocycles. The maximum Gasteiger partial charge on any atom is 0.409 e. The molecule has 0 saturated heterocycles. The predicted molar refractivity (Wildman–Crippen MR) is 173 cm³/mol. The van der Waals surface area contributed by atoms with Crippen molar-refractivity contribution < 1.29 is 14.6 Å². The van der Waals surface area contributed by atoms with Gasteiger partial charge in [0.25, 0.3) is 0 Å². The van der Waals surface area contributed by atoms with Crippen molar-refractivity contribution in [2.75, 3.05) is 12.4 Å². The number of fused-ring (bicyclic) bond motifs is 2. The number of methoxy groups -OCH3 is 1. The summed E-state index contributed by atoms with van der Waals surface area (Å²) in [4.78, 5) is 12.7. The van der Waals surface area contributed by atoms with Gasteiger partial charge in [-0.3, -0.25) is 5.32 Å². The lowest BCUT2D eigenvalue weighted by Crippen LogP contribution is -2.38. The van der Waals surface area contributed by atoms with E-state index >= 15 is 0 Å². The molecule has 0 radical (unpaired) electrons. The third-order valence-electron chi connectivity index (χ3n) is 7.80. The fourth-order valence-corrected chi connectivity index (χ4v) is 7.09. The van der Waals surface area contributed by atoms with Gasteiger partial charge in [0.05, 0.1) is 28.6 Å². The Balaban J connectivity index is 1.66. The number of thiophene rings is 1. The number of anilines is 1. The molecule has 43 heavy (non-hydrogen) atoms. The largest absolute Gasteiger partial charge is 0.494 e. The molecule has 0 unspecified atom stereocenters. The second-order valence-electron chi connectivity index (χ2n) is 10.2. The van der Waals surface area contributed by atoms with Crippen molar-refractivity contribution in [3.63, 3.8) is 0 Å². The number of benzene rings is 5. The van der Waals surface area contributed by atoms with E-state index < -0.39 is 11.6 Å². The number of ether oxygens (including phenoxy) is 1. The van der Waals surface area contributed by atoms with Crippen LogP contribution >= 0.6 is 11.3 Å². The molecule has 7 heteroatoms. The molecule has 0 bridgehead atoms. The fourth-order valence-electron chi connectivity index (χ4n) is 6.04. The topological polar surface area (TPSA) is 76.4 Å². The Labute approximate surface area is 252 Å². The summed E-state index contributed by atoms with van der Waals surface area (Å²) in [5, 5.41) is 19.5. The Hall–Kier alpha value is -5.40. The maximum absolute atomic E-state index is 11.8. The van der Waals surface area contributed by atoms with E-state index in [-0.39, 0.29) is 0 Å². The molecule has 5 aromatic carbocycles. The van der Waals surface area contributed by atoms with Gasteiger partial charge in [-0.05, 0) is 46.3 Å². The smallest absolute Gasteiger partial charge is 0.409 e. The third kappa shape index (κ3) is 4.33. The first-order valence-corrected chi connectivity index (χ1v) is 14.7. The summed E-state index contributed by atoms with van der Waals surface area (Å²) in [5.41, 5.74) is 4.10. The lowest BCUT2D eigenvalue weighted by molar-refractivity contribution is 0.209. The van der Waals surface area contributed by atoms with E-state index in [1.807, 2.05) is 72.8 Å². The van der Waals surface area contributed by atoms with E-state index in [0.29, 0.717) is 17.1 Å². The molecular formula is C36H27N3O3S. The Bertz CT molecular complexity index is 1940. The van der Waals surface area contributed by atoms with Gasteiger partial charge < -0.3 is 9.84 Å². The lowest BCUT2D eigenvalue weighted by Gasteiger charge is -2.37. The zero-order valence-electron chi connectivity index (χ0n) is 23.3. The van der Waals surface area contributed by atoms with Crippen molar-refractivity contribution in [2.24, 2.45) is 0 Å². The third-order valence-corrected chi connectivity index (χ3v) is 8.92. The number of amides is 1. The molecule has 2 N–H and O–H groups in total. The fraction of sp³-hybridized carbons (Fsp3) is 0.0556. The van der Waals surface area contributed by atoms with Gasteiger partial charge in [0.2, 0.25) is 0 Å². The number of carbonyl (C=O) groups is 1. The molecule has 7 aromatic rings. The minimum atomic E-state index is -1.17. The van der Waals surface area contributed by atoms with Crippen molar-refractivity contribution >= 4 is 44.1 Å². The molecule has 0 aliphatic rings. The highest BCUT2D eigenvalue weighted by molar-refractivity contribution is 7.22. The van der Waals surface area contributed by atoms with Crippen molar-refractivity contribution in [3.8, 4) is 16.3 Å². The molecule has 210 valence electrons. The molecule has 0 aliphatic carbocycles. The quantitative estimate of drug-likeness (QED) is 0.184. The molecule has 1 amide bonds. The summed E-state index contributed by atoms with van der Waals surface area (Å²) in [7, 11) is 1.56. The number of hydrogen-bond donors (Lipinski definition) is 2. The summed E-state index contributed by atoms with van der Waals surface area (Å²) in [6.07, 6.45) is -1.17. The molecule has 2 aromatic heterocycles. The van der Waals surface area contributed by atoms with Crippen LogP contribution in [0.3, 0.4) is 0 Å². The van der Waals surface area contributed by atoms with E-state index in [4.69, 9.17) is 9.84 Å². The van der Waals surface area contributed by atoms with Crippen LogP contribution in [0.25, 0.3) is 31.6 Å². The number of carboxylic acid groups (broad SMARTS) is 1. The van der Waals surface area contributed by atoms with Crippen LogP contribution in [-0.2, 0) is 5.54 Å². The Morgan fingerprint density at radius 1 is 0.791 bits per heavy atom. The van der Waals surface area contributed by atoms with E-state index in [2.05, 4.69) is 64.6 Å². The minimum absolute atomic E-state index is 0.356. The molecule has 0 aliphatic heterocycles. The lowest BCUT2D eigenvalue weighted by atomic mass is 9.77. The van der Waals surface area contributed by atoms with Gasteiger partial charge in [-0.1, -0.05) is 109 Å². The minimum Gasteiger partial charge on any atom is -0.494 e. The standard InChI is InChI=1S/C36H27N3O3S/c1-42-34-28(37-35(40)41)21-22-29-32(34)33(31-23-24-13-11-12-20-30(24)43-31)38-39(29)36(25-14-5-2-6-15-25,26-16-7-3-8-17-26)27-18-9-4-10-19-27/h2-23,37H,1H3,(H,40,41). The van der Waals surface area contributed by atoms with Crippen LogP contribution in [0.2, 0.25) is 0 Å². The maximum atomic E-state index is 11.8. The Morgan fingerprint density at radius 2 is 1.35 bits per heavy atom. The highest BCUT2D eigenvalue weighted by Gasteiger charge is 2.41. The van der Waals surface area contributed by atoms with E-state index in [9.17, 15) is 9.90 Å². The van der Waals surface area contributed by atoms with Crippen LogP contribution in [0.5, 0.6) is 5.75 Å². The molecule has 0 spiro atoms. The first-order valence-electron chi connectivity index (χ1n) is 13.9. The van der Waals surface area contributed by atoms with Gasteiger partial charge in [0.15, 0.2) is 5.75 Å². The van der Waals surface area contributed by atoms with Crippen LogP contribution in [-0.4, -0.2) is 28.1 Å². The first kappa shape index (κ1) is 26.5. The van der Waals surface area contributed by atoms with Gasteiger partial charge in [0.1, 0.15) is 11.2 Å². The second-order valence-corrected chi connectivity index (χ2v) is 11.3. The molecular weight excluding hydrogens is 554 g/mol. The summed E-state index contributed by atoms with van der Waals surface area (Å²) < 4.78 is 9.18. The van der Waals surface area contributed by atoms with Gasteiger partial charge in [-0.25, -0.2) is 9.48 Å². The van der Waals surface area contributed by atoms with Crippen LogP contribution in [0, 0.1) is 0 Å². The van der Waals surface area contributed by atoms with Crippen molar-refractivity contribution in [1.82, 2.24) is 9.78 Å². The van der Waals surface area contributed by atoms with Crippen molar-refractivity contribution in [3.05, 3.63) is 150 Å². The SMILES string of the molecule is COc1c(NC(=O)O)ccc2c1c(-c1cc3ccccc3s1)nn2C(c1ccccc1)(c1ccccc1)c1ccccc1. The van der Waals surface area contributed by atoms with Crippen LogP contribution in [0.15, 0.2) is 133 Å². The van der Waals surface area contributed by atoms with Gasteiger partial charge in [-0.15, -0.1) is 11.3 Å². The number of aromatic nitrogens is 2. The molecule has 0 atom stereocenters. The highest BCUT2D eigenvalue weighted by Crippen LogP contribution is 2.48. The monoisotopic (exact) mass is 581 g/mol. The molecule has 2 heterocycles. The average Bonchev–Trinajstić information content (AvgIpc) is 3.65. The first-order chi connectivity index (χ1) is 21.1. The van der Waals surface area contributed by atoms with Crippen LogP contribution in [0.1, 0.15) is 16.7 Å². The Morgan fingerprint density at radius 3 is 1.88 bits per heavy atom. The van der Waals surface area contributed by atoms with Crippen LogP contribution in [0.4, 0.5) is 10.5 Å². The average molecular weight is 582 g/mol. The summed E-state index contributed by atoms with van der Waals surface area (Å²) >= 11 is 1.65. The van der Waals surface area contributed by atoms with Gasteiger partial charge >= 0.3 is 6.09 Å². The number of nitrogens with zero attached hydrogens (tertiary/aromatic N) is 2. The van der Waals surface area contributed by atoms with E-state index in [1.165, 1.54) is 0 Å². The normalized spacial score (nSPS) is 11.6. The molecule has 6 nitrogen and oxygen atoms in total. The second kappa shape index (κ2) is 10.8. The summed E-state index contributed by atoms with van der Waals surface area (Å²) in [5.74, 6) is 0.418. The zero-order valence-corrected chi connectivity index (χ0v) is 24.1. The summed E-state index contributed by atoms with van der Waals surface area (Å²) in [6, 6.07) is 45.1. The molecule has 0 fully saturated rings.